The minimum absolute atomic E-state index is 0.150. The number of nitrogens with zero attached hydrogens (tertiary/aromatic N) is 1. The highest BCUT2D eigenvalue weighted by atomic mass is 35.5. The second-order valence-corrected chi connectivity index (χ2v) is 6.14. The number of nitrogens with one attached hydrogen (secondary N) is 1. The predicted octanol–water partition coefficient (Wildman–Crippen LogP) is 2.97. The van der Waals surface area contributed by atoms with Crippen LogP contribution in [-0.4, -0.2) is 35.0 Å². The van der Waals surface area contributed by atoms with Crippen molar-refractivity contribution in [1.82, 2.24) is 10.3 Å². The molecule has 2 N–H and O–H groups in total. The van der Waals surface area contributed by atoms with Crippen LogP contribution in [0.3, 0.4) is 0 Å². The highest BCUT2D eigenvalue weighted by Crippen LogP contribution is 2.20. The molecule has 1 aromatic rings. The number of aromatic nitrogens is 1. The van der Waals surface area contributed by atoms with Gasteiger partial charge in [0.2, 0.25) is 0 Å². The van der Waals surface area contributed by atoms with Crippen molar-refractivity contribution in [2.75, 3.05) is 19.4 Å². The van der Waals surface area contributed by atoms with E-state index in [1.54, 1.807) is 18.0 Å². The molecule has 0 saturated heterocycles. The maximum Gasteiger partial charge on any atom is 0.0960 e. The lowest BCUT2D eigenvalue weighted by molar-refractivity contribution is 0.171. The van der Waals surface area contributed by atoms with Crippen LogP contribution in [0.25, 0.3) is 0 Å². The summed E-state index contributed by atoms with van der Waals surface area (Å²) in [5.74, 6) is 1.04. The van der Waals surface area contributed by atoms with Crippen molar-refractivity contribution in [3.8, 4) is 0 Å². The van der Waals surface area contributed by atoms with Crippen LogP contribution in [0, 0.1) is 0 Å². The number of hydrogen-bond acceptors (Lipinski definition) is 4. The highest BCUT2D eigenvalue weighted by Gasteiger charge is 2.19. The Hall–Kier alpha value is -0.290. The fourth-order valence-electron chi connectivity index (χ4n) is 1.52. The monoisotopic (exact) mass is 288 g/mol. The van der Waals surface area contributed by atoms with Crippen LogP contribution in [0.1, 0.15) is 26.2 Å². The lowest BCUT2D eigenvalue weighted by atomic mass is 9.96. The summed E-state index contributed by atoms with van der Waals surface area (Å²) >= 11 is 7.52. The van der Waals surface area contributed by atoms with Gasteiger partial charge >= 0.3 is 0 Å². The zero-order valence-electron chi connectivity index (χ0n) is 10.9. The van der Waals surface area contributed by atoms with E-state index < -0.39 is 0 Å². The molecule has 0 amide bonds. The van der Waals surface area contributed by atoms with E-state index in [9.17, 15) is 5.11 Å². The molecule has 0 spiro atoms. The highest BCUT2D eigenvalue weighted by molar-refractivity contribution is 7.99. The van der Waals surface area contributed by atoms with Crippen LogP contribution in [0.15, 0.2) is 23.4 Å². The number of hydrogen-bond donors (Lipinski definition) is 2. The second-order valence-electron chi connectivity index (χ2n) is 4.59. The maximum atomic E-state index is 9.26. The van der Waals surface area contributed by atoms with Crippen molar-refractivity contribution < 1.29 is 5.11 Å². The summed E-state index contributed by atoms with van der Waals surface area (Å²) in [6.07, 6.45) is 4.87. The molecule has 0 saturated carbocycles. The Bertz CT molecular complexity index is 341. The number of unbranched alkanes of at least 4 members (excludes halogenated alkanes) is 1. The Kier molecular flexibility index (Phi) is 7.00. The average Bonchev–Trinajstić information content (AvgIpc) is 2.40. The lowest BCUT2D eigenvalue weighted by Crippen LogP contribution is -2.43. The maximum absolute atomic E-state index is 9.26. The van der Waals surface area contributed by atoms with Gasteiger partial charge in [-0.3, -0.25) is 0 Å². The molecule has 3 nitrogen and oxygen atoms in total. The van der Waals surface area contributed by atoms with E-state index in [0.717, 1.165) is 30.0 Å². The Labute approximate surface area is 118 Å². The van der Waals surface area contributed by atoms with E-state index in [-0.39, 0.29) is 12.1 Å². The van der Waals surface area contributed by atoms with Crippen LogP contribution in [0.4, 0.5) is 0 Å². The molecule has 1 atom stereocenters. The van der Waals surface area contributed by atoms with E-state index in [4.69, 9.17) is 11.6 Å². The van der Waals surface area contributed by atoms with Gasteiger partial charge in [-0.1, -0.05) is 18.0 Å². The lowest BCUT2D eigenvalue weighted by Gasteiger charge is -2.26. The van der Waals surface area contributed by atoms with Crippen molar-refractivity contribution in [2.24, 2.45) is 0 Å². The topological polar surface area (TPSA) is 45.1 Å². The van der Waals surface area contributed by atoms with Gasteiger partial charge in [0, 0.05) is 11.7 Å². The number of rotatable bonds is 8. The molecule has 1 heterocycles. The fraction of sp³-hybridized carbons (Fsp3) is 0.615. The second kappa shape index (κ2) is 8.00. The summed E-state index contributed by atoms with van der Waals surface area (Å²) in [5, 5.41) is 14.1. The third-order valence-corrected chi connectivity index (χ3v) is 4.28. The third kappa shape index (κ3) is 5.57. The first-order valence-corrected chi connectivity index (χ1v) is 7.50. The van der Waals surface area contributed by atoms with Gasteiger partial charge in [0.15, 0.2) is 0 Å². The minimum atomic E-state index is -0.150. The van der Waals surface area contributed by atoms with Gasteiger partial charge in [-0.05, 0) is 44.7 Å². The van der Waals surface area contributed by atoms with E-state index in [0.29, 0.717) is 5.02 Å². The smallest absolute Gasteiger partial charge is 0.0960 e. The zero-order chi connectivity index (χ0) is 13.4. The minimum Gasteiger partial charge on any atom is -0.394 e. The molecule has 0 radical (unpaired) electrons. The first-order valence-electron chi connectivity index (χ1n) is 6.14. The Morgan fingerprint density at radius 1 is 1.44 bits per heavy atom. The summed E-state index contributed by atoms with van der Waals surface area (Å²) in [4.78, 5) is 4.24. The van der Waals surface area contributed by atoms with Crippen LogP contribution in [0.5, 0.6) is 0 Å². The summed E-state index contributed by atoms with van der Waals surface area (Å²) in [6, 6.07) is 3.80. The van der Waals surface area contributed by atoms with Gasteiger partial charge in [0.1, 0.15) is 0 Å². The molecule has 0 aromatic carbocycles. The van der Waals surface area contributed by atoms with Crippen molar-refractivity contribution >= 4 is 23.4 Å². The first-order chi connectivity index (χ1) is 8.59. The SMILES string of the molecule is CNC(C)(CO)CCCCSc1ccc(Cl)cn1. The van der Waals surface area contributed by atoms with Crippen molar-refractivity contribution in [3.05, 3.63) is 23.4 Å². The molecule has 0 aliphatic heterocycles. The fourth-order valence-corrected chi connectivity index (χ4v) is 2.49. The van der Waals surface area contributed by atoms with E-state index in [1.807, 2.05) is 26.1 Å². The normalized spacial score (nSPS) is 14.4. The Morgan fingerprint density at radius 2 is 2.22 bits per heavy atom. The molecule has 0 bridgehead atoms. The van der Waals surface area contributed by atoms with E-state index in [1.165, 1.54) is 0 Å². The zero-order valence-corrected chi connectivity index (χ0v) is 12.5. The van der Waals surface area contributed by atoms with Crippen molar-refractivity contribution in [3.63, 3.8) is 0 Å². The number of aliphatic hydroxyl groups excluding tert-OH is 1. The van der Waals surface area contributed by atoms with E-state index in [2.05, 4.69) is 10.3 Å². The molecule has 1 unspecified atom stereocenters. The molecular weight excluding hydrogens is 268 g/mol. The van der Waals surface area contributed by atoms with Gasteiger partial charge in [-0.15, -0.1) is 11.8 Å². The Balaban J connectivity index is 2.17. The van der Waals surface area contributed by atoms with Crippen LogP contribution in [-0.2, 0) is 0 Å². The van der Waals surface area contributed by atoms with Gasteiger partial charge < -0.3 is 10.4 Å². The average molecular weight is 289 g/mol. The quantitative estimate of drug-likeness (QED) is 0.570. The third-order valence-electron chi connectivity index (χ3n) is 3.03. The molecule has 0 fully saturated rings. The first kappa shape index (κ1) is 15.8. The number of pyridine rings is 1. The summed E-state index contributed by atoms with van der Waals surface area (Å²) in [5.41, 5.74) is -0.150. The molecule has 1 aromatic heterocycles. The summed E-state index contributed by atoms with van der Waals surface area (Å²) in [7, 11) is 1.89. The molecule has 5 heteroatoms. The van der Waals surface area contributed by atoms with Crippen LogP contribution >= 0.6 is 23.4 Å². The number of likely N-dealkylation sites (N-methyl/N-ethyl adjacent to an activating group) is 1. The van der Waals surface area contributed by atoms with Gasteiger partial charge in [0.25, 0.3) is 0 Å². The predicted molar refractivity (Wildman–Crippen MR) is 78.4 cm³/mol. The molecular formula is C13H21ClN2OS. The number of halogens is 1. The molecule has 0 aliphatic carbocycles. The molecule has 102 valence electrons. The molecule has 1 rings (SSSR count). The number of thioether (sulfide) groups is 1. The summed E-state index contributed by atoms with van der Waals surface area (Å²) < 4.78 is 0. The van der Waals surface area contributed by atoms with Crippen molar-refractivity contribution in [2.45, 2.75) is 36.8 Å². The van der Waals surface area contributed by atoms with Crippen LogP contribution < -0.4 is 5.32 Å². The van der Waals surface area contributed by atoms with Crippen LogP contribution in [0.2, 0.25) is 5.02 Å². The van der Waals surface area contributed by atoms with Gasteiger partial charge in [0.05, 0.1) is 16.7 Å². The van der Waals surface area contributed by atoms with Gasteiger partial charge in [-0.25, -0.2) is 4.98 Å². The summed E-state index contributed by atoms with van der Waals surface area (Å²) in [6.45, 7) is 2.22. The number of aliphatic hydroxyl groups is 1. The van der Waals surface area contributed by atoms with Gasteiger partial charge in [-0.2, -0.15) is 0 Å². The largest absolute Gasteiger partial charge is 0.394 e. The van der Waals surface area contributed by atoms with Crippen molar-refractivity contribution in [1.29, 1.82) is 0 Å². The standard InChI is InChI=1S/C13H21ClN2OS/c1-13(10-17,15-2)7-3-4-8-18-12-6-5-11(14)9-16-12/h5-6,9,15,17H,3-4,7-8,10H2,1-2H3. The molecule has 18 heavy (non-hydrogen) atoms. The Morgan fingerprint density at radius 3 is 2.78 bits per heavy atom. The van der Waals surface area contributed by atoms with E-state index >= 15 is 0 Å². The molecule has 0 aliphatic rings.